The lowest BCUT2D eigenvalue weighted by Gasteiger charge is -2.37. The number of rotatable bonds is 4. The van der Waals surface area contributed by atoms with Gasteiger partial charge in [0.25, 0.3) is 5.91 Å². The molecule has 1 aliphatic heterocycles. The molecule has 2 aliphatic carbocycles. The van der Waals surface area contributed by atoms with Gasteiger partial charge in [0.15, 0.2) is 5.76 Å². The third-order valence-corrected chi connectivity index (χ3v) is 6.91. The lowest BCUT2D eigenvalue weighted by atomic mass is 9.86. The van der Waals surface area contributed by atoms with E-state index < -0.39 is 0 Å². The Hall–Kier alpha value is -1.98. The molecule has 1 aromatic heterocycles. The molecule has 6 heteroatoms. The SMILES string of the molecule is Cc1ccc(C(=O)N2CCN(C(=O)NC(C3CCCC3)C3CCCC3)CC2)o1. The average molecular weight is 388 g/mol. The normalized spacial score (nSPS) is 21.6. The monoisotopic (exact) mass is 387 g/mol. The smallest absolute Gasteiger partial charge is 0.317 e. The molecule has 2 saturated carbocycles. The van der Waals surface area contributed by atoms with Crippen molar-refractivity contribution in [1.29, 1.82) is 0 Å². The van der Waals surface area contributed by atoms with Crippen LogP contribution in [0.2, 0.25) is 0 Å². The summed E-state index contributed by atoms with van der Waals surface area (Å²) in [6, 6.07) is 3.93. The van der Waals surface area contributed by atoms with Gasteiger partial charge in [0.1, 0.15) is 5.76 Å². The number of aryl methyl sites for hydroxylation is 1. The first-order chi connectivity index (χ1) is 13.6. The average Bonchev–Trinajstić information content (AvgIpc) is 3.48. The summed E-state index contributed by atoms with van der Waals surface area (Å²) < 4.78 is 5.46. The maximum Gasteiger partial charge on any atom is 0.317 e. The molecular formula is C22H33N3O3. The molecule has 0 aromatic carbocycles. The molecule has 2 heterocycles. The van der Waals surface area contributed by atoms with Crippen LogP contribution < -0.4 is 5.32 Å². The zero-order chi connectivity index (χ0) is 19.5. The lowest BCUT2D eigenvalue weighted by molar-refractivity contribution is 0.0628. The molecule has 28 heavy (non-hydrogen) atoms. The van der Waals surface area contributed by atoms with E-state index >= 15 is 0 Å². The standard InChI is InChI=1S/C22H33N3O3/c1-16-10-11-19(28-16)21(26)24-12-14-25(15-13-24)22(27)23-20(17-6-2-3-7-17)18-8-4-5-9-18/h10-11,17-18,20H,2-9,12-15H2,1H3,(H,23,27). The third-order valence-electron chi connectivity index (χ3n) is 6.91. The Morgan fingerprint density at radius 2 is 1.46 bits per heavy atom. The minimum atomic E-state index is -0.0806. The highest BCUT2D eigenvalue weighted by Gasteiger charge is 2.35. The number of nitrogens with zero attached hydrogens (tertiary/aromatic N) is 2. The molecule has 0 unspecified atom stereocenters. The van der Waals surface area contributed by atoms with Crippen LogP contribution in [0.1, 0.15) is 67.7 Å². The number of hydrogen-bond acceptors (Lipinski definition) is 3. The molecule has 1 saturated heterocycles. The second-order valence-corrected chi connectivity index (χ2v) is 8.75. The van der Waals surface area contributed by atoms with Gasteiger partial charge >= 0.3 is 6.03 Å². The molecule has 0 radical (unpaired) electrons. The van der Waals surface area contributed by atoms with Gasteiger partial charge < -0.3 is 19.5 Å². The van der Waals surface area contributed by atoms with Gasteiger partial charge in [-0.1, -0.05) is 25.7 Å². The van der Waals surface area contributed by atoms with Gasteiger partial charge in [-0.25, -0.2) is 4.79 Å². The zero-order valence-corrected chi connectivity index (χ0v) is 17.0. The molecular weight excluding hydrogens is 354 g/mol. The molecule has 0 bridgehead atoms. The van der Waals surface area contributed by atoms with Crippen LogP contribution in [-0.2, 0) is 0 Å². The van der Waals surface area contributed by atoms with E-state index in [-0.39, 0.29) is 11.9 Å². The van der Waals surface area contributed by atoms with E-state index in [1.54, 1.807) is 11.0 Å². The number of hydrogen-bond donors (Lipinski definition) is 1. The fourth-order valence-corrected chi connectivity index (χ4v) is 5.31. The van der Waals surface area contributed by atoms with Crippen molar-refractivity contribution >= 4 is 11.9 Å². The predicted octanol–water partition coefficient (Wildman–Crippen LogP) is 3.80. The van der Waals surface area contributed by atoms with Crippen LogP contribution in [0.15, 0.2) is 16.5 Å². The molecule has 0 atom stereocenters. The molecule has 3 fully saturated rings. The minimum absolute atomic E-state index is 0.0599. The van der Waals surface area contributed by atoms with Gasteiger partial charge in [-0.05, 0) is 56.6 Å². The number of amides is 3. The zero-order valence-electron chi connectivity index (χ0n) is 17.0. The van der Waals surface area contributed by atoms with Crippen molar-refractivity contribution in [2.75, 3.05) is 26.2 Å². The summed E-state index contributed by atoms with van der Waals surface area (Å²) in [7, 11) is 0. The topological polar surface area (TPSA) is 65.8 Å². The largest absolute Gasteiger partial charge is 0.456 e. The number of carbonyl (C=O) groups excluding carboxylic acids is 2. The Kier molecular flexibility index (Phi) is 5.93. The van der Waals surface area contributed by atoms with E-state index in [0.29, 0.717) is 49.8 Å². The third kappa shape index (κ3) is 4.20. The number of carbonyl (C=O) groups is 2. The van der Waals surface area contributed by atoms with Crippen molar-refractivity contribution in [2.24, 2.45) is 11.8 Å². The molecule has 1 N–H and O–H groups in total. The van der Waals surface area contributed by atoms with Crippen molar-refractivity contribution in [1.82, 2.24) is 15.1 Å². The van der Waals surface area contributed by atoms with Gasteiger partial charge in [-0.15, -0.1) is 0 Å². The van der Waals surface area contributed by atoms with E-state index in [9.17, 15) is 9.59 Å². The van der Waals surface area contributed by atoms with Crippen molar-refractivity contribution < 1.29 is 14.0 Å². The predicted molar refractivity (Wildman–Crippen MR) is 107 cm³/mol. The fraction of sp³-hybridized carbons (Fsp3) is 0.727. The summed E-state index contributed by atoms with van der Waals surface area (Å²) in [4.78, 5) is 29.2. The highest BCUT2D eigenvalue weighted by molar-refractivity contribution is 5.91. The van der Waals surface area contributed by atoms with Crippen LogP contribution in [0, 0.1) is 18.8 Å². The first-order valence-electron chi connectivity index (χ1n) is 11.0. The first kappa shape index (κ1) is 19.3. The summed E-state index contributed by atoms with van der Waals surface area (Å²) >= 11 is 0. The number of furan rings is 1. The van der Waals surface area contributed by atoms with E-state index in [1.165, 1.54) is 51.4 Å². The Balaban J connectivity index is 1.32. The van der Waals surface area contributed by atoms with E-state index in [2.05, 4.69) is 5.32 Å². The van der Waals surface area contributed by atoms with Gasteiger partial charge in [-0.3, -0.25) is 4.79 Å². The maximum absolute atomic E-state index is 13.0. The molecule has 0 spiro atoms. The van der Waals surface area contributed by atoms with Crippen LogP contribution in [0.5, 0.6) is 0 Å². The van der Waals surface area contributed by atoms with Gasteiger partial charge in [0.05, 0.1) is 0 Å². The summed E-state index contributed by atoms with van der Waals surface area (Å²) in [6.45, 7) is 4.12. The summed E-state index contributed by atoms with van der Waals surface area (Å²) in [5.74, 6) is 2.35. The molecule has 154 valence electrons. The van der Waals surface area contributed by atoms with E-state index in [4.69, 9.17) is 4.42 Å². The second kappa shape index (κ2) is 8.58. The van der Waals surface area contributed by atoms with Crippen molar-refractivity contribution in [3.8, 4) is 0 Å². The van der Waals surface area contributed by atoms with Crippen molar-refractivity contribution in [3.05, 3.63) is 23.7 Å². The summed E-state index contributed by atoms with van der Waals surface area (Å²) in [5.41, 5.74) is 0. The second-order valence-electron chi connectivity index (χ2n) is 8.75. The Morgan fingerprint density at radius 1 is 0.929 bits per heavy atom. The van der Waals surface area contributed by atoms with Crippen LogP contribution in [0.4, 0.5) is 4.79 Å². The lowest BCUT2D eigenvalue weighted by Crippen LogP contribution is -2.56. The Morgan fingerprint density at radius 3 is 1.96 bits per heavy atom. The fourth-order valence-electron chi connectivity index (χ4n) is 5.31. The van der Waals surface area contributed by atoms with Crippen LogP contribution in [-0.4, -0.2) is 54.0 Å². The van der Waals surface area contributed by atoms with Gasteiger partial charge in [0.2, 0.25) is 0 Å². The van der Waals surface area contributed by atoms with Crippen molar-refractivity contribution in [3.63, 3.8) is 0 Å². The number of piperazine rings is 1. The Bertz CT molecular complexity index is 665. The maximum atomic E-state index is 13.0. The van der Waals surface area contributed by atoms with Gasteiger partial charge in [0, 0.05) is 32.2 Å². The molecule has 1 aromatic rings. The van der Waals surface area contributed by atoms with Gasteiger partial charge in [-0.2, -0.15) is 0 Å². The Labute approximate surface area is 167 Å². The highest BCUT2D eigenvalue weighted by atomic mass is 16.3. The van der Waals surface area contributed by atoms with E-state index in [0.717, 1.165) is 5.76 Å². The summed E-state index contributed by atoms with van der Waals surface area (Å²) in [6.07, 6.45) is 10.2. The van der Waals surface area contributed by atoms with Crippen molar-refractivity contribution in [2.45, 2.75) is 64.3 Å². The van der Waals surface area contributed by atoms with Crippen LogP contribution in [0.3, 0.4) is 0 Å². The first-order valence-corrected chi connectivity index (χ1v) is 11.0. The molecule has 3 aliphatic rings. The summed E-state index contributed by atoms with van der Waals surface area (Å²) in [5, 5.41) is 3.41. The number of nitrogens with one attached hydrogen (secondary N) is 1. The van der Waals surface area contributed by atoms with Crippen LogP contribution >= 0.6 is 0 Å². The molecule has 3 amide bonds. The molecule has 6 nitrogen and oxygen atoms in total. The number of urea groups is 1. The minimum Gasteiger partial charge on any atom is -0.456 e. The van der Waals surface area contributed by atoms with Crippen LogP contribution in [0.25, 0.3) is 0 Å². The quantitative estimate of drug-likeness (QED) is 0.854. The highest BCUT2D eigenvalue weighted by Crippen LogP contribution is 2.37. The van der Waals surface area contributed by atoms with E-state index in [1.807, 2.05) is 17.9 Å². The molecule has 4 rings (SSSR count).